The predicted molar refractivity (Wildman–Crippen MR) is 93.4 cm³/mol. The maximum Gasteiger partial charge on any atom is 0.194 e. The van der Waals surface area contributed by atoms with Gasteiger partial charge in [0.15, 0.2) is 10.9 Å². The molecule has 22 heavy (non-hydrogen) atoms. The Labute approximate surface area is 141 Å². The Hall–Kier alpha value is -1.98. The third-order valence-electron chi connectivity index (χ3n) is 3.94. The van der Waals surface area contributed by atoms with Crippen molar-refractivity contribution in [2.75, 3.05) is 0 Å². The van der Waals surface area contributed by atoms with Crippen molar-refractivity contribution in [1.29, 1.82) is 0 Å². The molecule has 1 unspecified atom stereocenters. The van der Waals surface area contributed by atoms with E-state index in [0.717, 1.165) is 32.4 Å². The first-order valence-corrected chi connectivity index (χ1v) is 8.06. The van der Waals surface area contributed by atoms with Crippen LogP contribution in [0.25, 0.3) is 5.70 Å². The molecule has 1 aliphatic carbocycles. The average Bonchev–Trinajstić information content (AvgIpc) is 2.80. The Morgan fingerprint density at radius 3 is 2.59 bits per heavy atom. The van der Waals surface area contributed by atoms with Gasteiger partial charge in [-0.25, -0.2) is 0 Å². The van der Waals surface area contributed by atoms with Crippen LogP contribution in [-0.2, 0) is 0 Å². The second-order valence-corrected chi connectivity index (χ2v) is 6.57. The highest BCUT2D eigenvalue weighted by molar-refractivity contribution is 9.10. The fraction of sp³-hybridized carbons (Fsp3) is 0.0588. The first-order valence-electron chi connectivity index (χ1n) is 6.86. The van der Waals surface area contributed by atoms with Crippen molar-refractivity contribution in [1.82, 2.24) is 10.6 Å². The minimum absolute atomic E-state index is 0.0538. The van der Waals surface area contributed by atoms with E-state index in [9.17, 15) is 4.79 Å². The highest BCUT2D eigenvalue weighted by atomic mass is 79.9. The van der Waals surface area contributed by atoms with Gasteiger partial charge in [-0.2, -0.15) is 0 Å². The van der Waals surface area contributed by atoms with Gasteiger partial charge in [0.1, 0.15) is 0 Å². The van der Waals surface area contributed by atoms with Crippen molar-refractivity contribution < 1.29 is 4.79 Å². The summed E-state index contributed by atoms with van der Waals surface area (Å²) in [5, 5.41) is 6.90. The number of carbonyl (C=O) groups is 1. The van der Waals surface area contributed by atoms with E-state index in [1.54, 1.807) is 0 Å². The standard InChI is InChI=1S/C17H11BrN2OS/c18-10-5-3-4-9(8-10)14-13-15(20-17(22)19-14)11-6-1-2-7-12(11)16(13)21/h1-8,14H,(H2,19,20,22). The lowest BCUT2D eigenvalue weighted by Crippen LogP contribution is -2.43. The van der Waals surface area contributed by atoms with Crippen LogP contribution in [0.1, 0.15) is 27.5 Å². The maximum absolute atomic E-state index is 12.8. The molecule has 1 aliphatic heterocycles. The van der Waals surface area contributed by atoms with Gasteiger partial charge in [-0.1, -0.05) is 52.3 Å². The topological polar surface area (TPSA) is 41.1 Å². The Balaban J connectivity index is 1.90. The lowest BCUT2D eigenvalue weighted by atomic mass is 9.94. The van der Waals surface area contributed by atoms with Crippen LogP contribution in [0.3, 0.4) is 0 Å². The van der Waals surface area contributed by atoms with Gasteiger partial charge >= 0.3 is 0 Å². The number of hydrogen-bond donors (Lipinski definition) is 2. The summed E-state index contributed by atoms with van der Waals surface area (Å²) in [7, 11) is 0. The monoisotopic (exact) mass is 370 g/mol. The van der Waals surface area contributed by atoms with Crippen molar-refractivity contribution in [2.45, 2.75) is 6.04 Å². The van der Waals surface area contributed by atoms with E-state index in [4.69, 9.17) is 12.2 Å². The van der Waals surface area contributed by atoms with Crippen LogP contribution >= 0.6 is 28.1 Å². The van der Waals surface area contributed by atoms with Crippen LogP contribution in [0.4, 0.5) is 0 Å². The number of hydrogen-bond acceptors (Lipinski definition) is 2. The third-order valence-corrected chi connectivity index (χ3v) is 4.65. The van der Waals surface area contributed by atoms with Gasteiger partial charge in [0, 0.05) is 15.6 Å². The number of benzene rings is 2. The molecule has 2 aromatic rings. The number of halogens is 1. The molecule has 108 valence electrons. The van der Waals surface area contributed by atoms with Gasteiger partial charge in [0.2, 0.25) is 0 Å². The van der Waals surface area contributed by atoms with Crippen molar-refractivity contribution in [3.63, 3.8) is 0 Å². The molecule has 0 radical (unpaired) electrons. The molecular formula is C17H11BrN2OS. The molecule has 3 nitrogen and oxygen atoms in total. The molecule has 2 N–H and O–H groups in total. The second-order valence-electron chi connectivity index (χ2n) is 5.25. The fourth-order valence-corrected chi connectivity index (χ4v) is 3.64. The Bertz CT molecular complexity index is 859. The summed E-state index contributed by atoms with van der Waals surface area (Å²) in [6.07, 6.45) is 0. The third kappa shape index (κ3) is 2.01. The Morgan fingerprint density at radius 2 is 1.82 bits per heavy atom. The molecule has 0 spiro atoms. The van der Waals surface area contributed by atoms with E-state index in [2.05, 4.69) is 26.6 Å². The number of ketones is 1. The molecule has 2 aliphatic rings. The molecule has 0 aromatic heterocycles. The van der Waals surface area contributed by atoms with Crippen LogP contribution in [0, 0.1) is 0 Å². The van der Waals surface area contributed by atoms with Gasteiger partial charge in [-0.05, 0) is 29.9 Å². The maximum atomic E-state index is 12.8. The first-order chi connectivity index (χ1) is 10.6. The SMILES string of the molecule is O=C1C2=C(NC(=S)NC2c2cccc(Br)c2)c2ccccc21. The molecule has 0 amide bonds. The normalized spacial score (nSPS) is 19.4. The lowest BCUT2D eigenvalue weighted by Gasteiger charge is -2.28. The van der Waals surface area contributed by atoms with Crippen molar-refractivity contribution in [3.05, 3.63) is 75.3 Å². The summed E-state index contributed by atoms with van der Waals surface area (Å²) in [5.41, 5.74) is 4.21. The van der Waals surface area contributed by atoms with Crippen molar-refractivity contribution in [3.8, 4) is 0 Å². The van der Waals surface area contributed by atoms with Crippen molar-refractivity contribution in [2.24, 2.45) is 0 Å². The zero-order chi connectivity index (χ0) is 15.3. The summed E-state index contributed by atoms with van der Waals surface area (Å²) >= 11 is 8.81. The molecular weight excluding hydrogens is 360 g/mol. The summed E-state index contributed by atoms with van der Waals surface area (Å²) in [6.45, 7) is 0. The molecule has 1 atom stereocenters. The van der Waals surface area contributed by atoms with Gasteiger partial charge in [0.25, 0.3) is 0 Å². The molecule has 2 aromatic carbocycles. The molecule has 0 fully saturated rings. The molecule has 1 heterocycles. The van der Waals surface area contributed by atoms with E-state index >= 15 is 0 Å². The molecule has 0 bridgehead atoms. The minimum Gasteiger partial charge on any atom is -0.351 e. The van der Waals surface area contributed by atoms with Gasteiger partial charge in [-0.3, -0.25) is 4.79 Å². The number of rotatable bonds is 1. The largest absolute Gasteiger partial charge is 0.351 e. The van der Waals surface area contributed by atoms with Crippen LogP contribution in [0.5, 0.6) is 0 Å². The first kappa shape index (κ1) is 13.7. The summed E-state index contributed by atoms with van der Waals surface area (Å²) in [6, 6.07) is 15.3. The van der Waals surface area contributed by atoms with E-state index in [1.165, 1.54) is 0 Å². The number of nitrogens with one attached hydrogen (secondary N) is 2. The zero-order valence-electron chi connectivity index (χ0n) is 11.4. The summed E-state index contributed by atoms with van der Waals surface area (Å²) in [5.74, 6) is 0.0538. The quantitative estimate of drug-likeness (QED) is 0.752. The molecule has 5 heteroatoms. The number of fused-ring (bicyclic) bond motifs is 2. The predicted octanol–water partition coefficient (Wildman–Crippen LogP) is 3.58. The van der Waals surface area contributed by atoms with E-state index < -0.39 is 0 Å². The molecule has 4 rings (SSSR count). The highest BCUT2D eigenvalue weighted by Crippen LogP contribution is 2.40. The van der Waals surface area contributed by atoms with Gasteiger partial charge < -0.3 is 10.6 Å². The van der Waals surface area contributed by atoms with Crippen LogP contribution < -0.4 is 10.6 Å². The zero-order valence-corrected chi connectivity index (χ0v) is 13.8. The fourth-order valence-electron chi connectivity index (χ4n) is 3.00. The minimum atomic E-state index is -0.235. The molecule has 0 saturated carbocycles. The highest BCUT2D eigenvalue weighted by Gasteiger charge is 2.38. The van der Waals surface area contributed by atoms with Crippen LogP contribution in [0.15, 0.2) is 58.6 Å². The number of carbonyl (C=O) groups excluding carboxylic acids is 1. The van der Waals surface area contributed by atoms with Crippen LogP contribution in [-0.4, -0.2) is 10.9 Å². The Morgan fingerprint density at radius 1 is 1.05 bits per heavy atom. The van der Waals surface area contributed by atoms with E-state index in [1.807, 2.05) is 48.5 Å². The van der Waals surface area contributed by atoms with Crippen molar-refractivity contribution >= 4 is 44.7 Å². The van der Waals surface area contributed by atoms with E-state index in [-0.39, 0.29) is 11.8 Å². The summed E-state index contributed by atoms with van der Waals surface area (Å²) in [4.78, 5) is 12.8. The number of Topliss-reactive ketones (excluding diaryl/α,β-unsaturated/α-hetero) is 1. The van der Waals surface area contributed by atoms with Gasteiger partial charge in [-0.15, -0.1) is 0 Å². The Kier molecular flexibility index (Phi) is 3.13. The van der Waals surface area contributed by atoms with Crippen LogP contribution in [0.2, 0.25) is 0 Å². The van der Waals surface area contributed by atoms with E-state index in [0.29, 0.717) is 5.11 Å². The lowest BCUT2D eigenvalue weighted by molar-refractivity contribution is 0.103. The van der Waals surface area contributed by atoms with Gasteiger partial charge in [0.05, 0.1) is 17.3 Å². The second kappa shape index (κ2) is 5.04. The smallest absolute Gasteiger partial charge is 0.194 e. The number of thiocarbonyl (C=S) groups is 1. The molecule has 0 saturated heterocycles. The average molecular weight is 371 g/mol. The summed E-state index contributed by atoms with van der Waals surface area (Å²) < 4.78 is 0.973.